The Balaban J connectivity index is 0. The SMILES string of the molecule is CCCCCCCCC=CCCCCCCCC[N+](C)(C)CCCCCCCCC=CCCCCCCCC.[Br-]. The molecule has 0 amide bonds. The van der Waals surface area contributed by atoms with Crippen LogP contribution in [0.5, 0.6) is 0 Å². The van der Waals surface area contributed by atoms with Gasteiger partial charge in [-0.15, -0.1) is 0 Å². The molecule has 2 heteroatoms. The molecule has 1 nitrogen and oxygen atoms in total. The van der Waals surface area contributed by atoms with Gasteiger partial charge in [-0.05, 0) is 77.0 Å². The maximum absolute atomic E-state index is 2.45. The number of allylic oxidation sites excluding steroid dienone is 4. The number of nitrogens with zero attached hydrogens (tertiary/aromatic N) is 1. The third-order valence-electron chi connectivity index (χ3n) is 8.55. The van der Waals surface area contributed by atoms with Gasteiger partial charge in [0.05, 0.1) is 27.2 Å². The van der Waals surface area contributed by atoms with Gasteiger partial charge in [0.2, 0.25) is 0 Å². The van der Waals surface area contributed by atoms with Gasteiger partial charge in [0.15, 0.2) is 0 Å². The number of unbranched alkanes of at least 4 members (excludes halogenated alkanes) is 24. The summed E-state index contributed by atoms with van der Waals surface area (Å²) >= 11 is 0. The first-order valence-electron chi connectivity index (χ1n) is 18.2. The molecular formula is C38H76BrN. The van der Waals surface area contributed by atoms with Crippen LogP contribution in [0.3, 0.4) is 0 Å². The van der Waals surface area contributed by atoms with Gasteiger partial charge >= 0.3 is 0 Å². The quantitative estimate of drug-likeness (QED) is 0.0396. The van der Waals surface area contributed by atoms with E-state index >= 15 is 0 Å². The zero-order valence-corrected chi connectivity index (χ0v) is 29.9. The highest BCUT2D eigenvalue weighted by molar-refractivity contribution is 4.82. The molecule has 0 heterocycles. The molecule has 40 heavy (non-hydrogen) atoms. The highest BCUT2D eigenvalue weighted by atomic mass is 79.9. The van der Waals surface area contributed by atoms with Crippen molar-refractivity contribution in [1.82, 2.24) is 0 Å². The minimum Gasteiger partial charge on any atom is -1.00 e. The van der Waals surface area contributed by atoms with E-state index in [2.05, 4.69) is 52.2 Å². The highest BCUT2D eigenvalue weighted by Crippen LogP contribution is 2.14. The summed E-state index contributed by atoms with van der Waals surface area (Å²) < 4.78 is 1.23. The Labute approximate surface area is 265 Å². The van der Waals surface area contributed by atoms with Crippen LogP contribution in [0.4, 0.5) is 0 Å². The molecule has 240 valence electrons. The van der Waals surface area contributed by atoms with Gasteiger partial charge < -0.3 is 21.5 Å². The van der Waals surface area contributed by atoms with Crippen LogP contribution in [-0.4, -0.2) is 31.7 Å². The van der Waals surface area contributed by atoms with Crippen molar-refractivity contribution in [2.45, 2.75) is 194 Å². The van der Waals surface area contributed by atoms with Crippen LogP contribution >= 0.6 is 0 Å². The topological polar surface area (TPSA) is 0 Å². The van der Waals surface area contributed by atoms with E-state index in [9.17, 15) is 0 Å². The van der Waals surface area contributed by atoms with Crippen LogP contribution < -0.4 is 17.0 Å². The molecular weight excluding hydrogens is 550 g/mol. The van der Waals surface area contributed by atoms with E-state index in [4.69, 9.17) is 0 Å². The molecule has 0 saturated heterocycles. The number of hydrogen-bond donors (Lipinski definition) is 0. The molecule has 0 saturated carbocycles. The Morgan fingerprint density at radius 2 is 0.550 bits per heavy atom. The molecule has 0 aromatic heterocycles. The monoisotopic (exact) mass is 626 g/mol. The van der Waals surface area contributed by atoms with Crippen LogP contribution in [0, 0.1) is 0 Å². The molecule has 0 rings (SSSR count). The average molecular weight is 627 g/mol. The number of quaternary nitrogens is 1. The lowest BCUT2D eigenvalue weighted by Gasteiger charge is -2.30. The predicted octanol–water partition coefficient (Wildman–Crippen LogP) is 10.1. The summed E-state index contributed by atoms with van der Waals surface area (Å²) in [5.41, 5.74) is 0. The minimum atomic E-state index is 0. The van der Waals surface area contributed by atoms with Crippen molar-refractivity contribution in [3.8, 4) is 0 Å². The number of hydrogen-bond acceptors (Lipinski definition) is 0. The summed E-state index contributed by atoms with van der Waals surface area (Å²) in [5.74, 6) is 0. The second-order valence-electron chi connectivity index (χ2n) is 13.3. The van der Waals surface area contributed by atoms with Gasteiger partial charge in [-0.2, -0.15) is 0 Å². The zero-order valence-electron chi connectivity index (χ0n) is 28.3. The Hall–Kier alpha value is -0.0800. The van der Waals surface area contributed by atoms with Crippen LogP contribution in [0.2, 0.25) is 0 Å². The van der Waals surface area contributed by atoms with E-state index < -0.39 is 0 Å². The Bertz CT molecular complexity index is 466. The van der Waals surface area contributed by atoms with E-state index in [1.807, 2.05) is 0 Å². The Morgan fingerprint density at radius 1 is 0.325 bits per heavy atom. The molecule has 0 aromatic rings. The lowest BCUT2D eigenvalue weighted by Crippen LogP contribution is -3.00. The second-order valence-corrected chi connectivity index (χ2v) is 13.3. The van der Waals surface area contributed by atoms with Gasteiger partial charge in [-0.3, -0.25) is 0 Å². The second kappa shape index (κ2) is 35.1. The third kappa shape index (κ3) is 35.9. The van der Waals surface area contributed by atoms with Crippen LogP contribution in [-0.2, 0) is 0 Å². The maximum Gasteiger partial charge on any atom is 0.0782 e. The van der Waals surface area contributed by atoms with Crippen LogP contribution in [0.25, 0.3) is 0 Å². The standard InChI is InChI=1S/C38H76N.BrH/c1-5-7-9-11-13-15-17-19-21-23-25-27-29-31-33-35-37-39(3,4)38-36-34-32-30-28-26-24-22-20-18-16-14-12-10-8-6-2;/h19-22H,5-18,23-38H2,1-4H3;1H/q+1;/p-1. The summed E-state index contributed by atoms with van der Waals surface area (Å²) in [7, 11) is 4.91. The van der Waals surface area contributed by atoms with E-state index in [1.54, 1.807) is 0 Å². The van der Waals surface area contributed by atoms with E-state index in [0.29, 0.717) is 0 Å². The zero-order chi connectivity index (χ0) is 28.5. The van der Waals surface area contributed by atoms with Crippen molar-refractivity contribution >= 4 is 0 Å². The minimum absolute atomic E-state index is 0. The molecule has 0 aromatic carbocycles. The normalized spacial score (nSPS) is 12.1. The summed E-state index contributed by atoms with van der Waals surface area (Å²) in [6, 6.07) is 0. The third-order valence-corrected chi connectivity index (χ3v) is 8.55. The first kappa shape index (κ1) is 42.1. The number of halogens is 1. The average Bonchev–Trinajstić information content (AvgIpc) is 2.92. The van der Waals surface area contributed by atoms with Gasteiger partial charge in [0, 0.05) is 0 Å². The maximum atomic E-state index is 2.45. The molecule has 0 aliphatic carbocycles. The summed E-state index contributed by atoms with van der Waals surface area (Å²) in [4.78, 5) is 0. The molecule has 0 unspecified atom stereocenters. The first-order chi connectivity index (χ1) is 19.1. The lowest BCUT2D eigenvalue weighted by atomic mass is 10.1. The van der Waals surface area contributed by atoms with E-state index in [-0.39, 0.29) is 17.0 Å². The Morgan fingerprint density at radius 3 is 0.825 bits per heavy atom. The number of rotatable bonds is 32. The van der Waals surface area contributed by atoms with E-state index in [0.717, 1.165) is 0 Å². The molecule has 0 aliphatic rings. The van der Waals surface area contributed by atoms with Crippen LogP contribution in [0.15, 0.2) is 24.3 Å². The molecule has 0 bridgehead atoms. The molecule has 0 spiro atoms. The first-order valence-corrected chi connectivity index (χ1v) is 18.2. The van der Waals surface area contributed by atoms with Crippen molar-refractivity contribution in [3.05, 3.63) is 24.3 Å². The Kier molecular flexibility index (Phi) is 36.9. The van der Waals surface area contributed by atoms with Gasteiger partial charge in [-0.25, -0.2) is 0 Å². The molecule has 0 fully saturated rings. The van der Waals surface area contributed by atoms with E-state index in [1.165, 1.54) is 197 Å². The molecule has 0 radical (unpaired) electrons. The van der Waals surface area contributed by atoms with Crippen molar-refractivity contribution < 1.29 is 21.5 Å². The van der Waals surface area contributed by atoms with Crippen LogP contribution in [0.1, 0.15) is 194 Å². The lowest BCUT2D eigenvalue weighted by molar-refractivity contribution is -0.890. The van der Waals surface area contributed by atoms with Crippen molar-refractivity contribution in [1.29, 1.82) is 0 Å². The fourth-order valence-electron chi connectivity index (χ4n) is 5.69. The smallest absolute Gasteiger partial charge is 0.0782 e. The summed E-state index contributed by atoms with van der Waals surface area (Å²) in [6.45, 7) is 7.33. The summed E-state index contributed by atoms with van der Waals surface area (Å²) in [6.07, 6.45) is 49.0. The highest BCUT2D eigenvalue weighted by Gasteiger charge is 2.13. The largest absolute Gasteiger partial charge is 1.00 e. The van der Waals surface area contributed by atoms with Crippen molar-refractivity contribution in [2.75, 3.05) is 27.2 Å². The van der Waals surface area contributed by atoms with Gasteiger partial charge in [0.25, 0.3) is 0 Å². The van der Waals surface area contributed by atoms with Gasteiger partial charge in [-0.1, -0.05) is 141 Å². The molecule has 0 aliphatic heterocycles. The molecule has 0 N–H and O–H groups in total. The van der Waals surface area contributed by atoms with Gasteiger partial charge in [0.1, 0.15) is 0 Å². The fraction of sp³-hybridized carbons (Fsp3) is 0.895. The predicted molar refractivity (Wildman–Crippen MR) is 181 cm³/mol. The van der Waals surface area contributed by atoms with Crippen molar-refractivity contribution in [2.24, 2.45) is 0 Å². The summed E-state index contributed by atoms with van der Waals surface area (Å²) in [5, 5.41) is 0. The molecule has 0 atom stereocenters. The van der Waals surface area contributed by atoms with Crippen molar-refractivity contribution in [3.63, 3.8) is 0 Å². The fourth-order valence-corrected chi connectivity index (χ4v) is 5.69.